The van der Waals surface area contributed by atoms with Crippen LogP contribution < -0.4 is 5.32 Å². The first kappa shape index (κ1) is 31.1. The van der Waals surface area contributed by atoms with E-state index in [0.717, 1.165) is 57.8 Å². The summed E-state index contributed by atoms with van der Waals surface area (Å²) in [5.74, 6) is 0.0871. The molecule has 1 aromatic heterocycles. The quantitative estimate of drug-likeness (QED) is 0.187. The maximum atomic E-state index is 12.6. The highest BCUT2D eigenvalue weighted by Gasteiger charge is 2.24. The molecular formula is C32H48N4O2. The largest absolute Gasteiger partial charge is 0.348 e. The van der Waals surface area contributed by atoms with Crippen molar-refractivity contribution in [1.82, 2.24) is 20.0 Å². The van der Waals surface area contributed by atoms with Crippen LogP contribution >= 0.6 is 0 Å². The Hall–Kier alpha value is -3.15. The molecule has 1 aliphatic heterocycles. The fraction of sp³-hybridized carbons (Fsp3) is 0.531. The van der Waals surface area contributed by atoms with Gasteiger partial charge in [0.05, 0.1) is 0 Å². The Labute approximate surface area is 230 Å². The molecule has 0 radical (unpaired) electrons. The van der Waals surface area contributed by atoms with Crippen molar-refractivity contribution >= 4 is 11.8 Å². The Balaban J connectivity index is 1.50. The lowest BCUT2D eigenvalue weighted by Gasteiger charge is -2.32. The average molecular weight is 521 g/mol. The zero-order valence-electron chi connectivity index (χ0n) is 23.7. The second-order valence-electron chi connectivity index (χ2n) is 10.0. The van der Waals surface area contributed by atoms with E-state index in [0.29, 0.717) is 25.2 Å². The Kier molecular flexibility index (Phi) is 15.5. The lowest BCUT2D eigenvalue weighted by molar-refractivity contribution is -0.132. The van der Waals surface area contributed by atoms with Crippen LogP contribution in [0.1, 0.15) is 102 Å². The van der Waals surface area contributed by atoms with Crippen LogP contribution in [0.15, 0.2) is 73.0 Å². The maximum Gasteiger partial charge on any atom is 0.271 e. The molecule has 2 amide bonds. The average Bonchev–Trinajstić information content (AvgIpc) is 3.42. The number of nitrogens with one attached hydrogen (secondary N) is 1. The van der Waals surface area contributed by atoms with Crippen LogP contribution in [0.4, 0.5) is 0 Å². The molecule has 1 aliphatic rings. The van der Waals surface area contributed by atoms with Gasteiger partial charge in [0.2, 0.25) is 5.91 Å². The smallest absolute Gasteiger partial charge is 0.271 e. The van der Waals surface area contributed by atoms with Crippen LogP contribution in [0.3, 0.4) is 0 Å². The first-order chi connectivity index (χ1) is 18.5. The minimum absolute atomic E-state index is 0.0945. The minimum atomic E-state index is -0.133. The van der Waals surface area contributed by atoms with E-state index in [9.17, 15) is 9.59 Å². The van der Waals surface area contributed by atoms with Crippen LogP contribution in [-0.4, -0.2) is 45.6 Å². The third kappa shape index (κ3) is 12.9. The van der Waals surface area contributed by atoms with Gasteiger partial charge in [0.25, 0.3) is 5.91 Å². The van der Waals surface area contributed by atoms with E-state index in [1.165, 1.54) is 0 Å². The molecule has 0 aliphatic carbocycles. The molecule has 0 saturated carbocycles. The van der Waals surface area contributed by atoms with Crippen LogP contribution in [0.25, 0.3) is 0 Å². The summed E-state index contributed by atoms with van der Waals surface area (Å²) in [6.45, 7) is 7.62. The molecule has 2 heterocycles. The zero-order chi connectivity index (χ0) is 27.4. The number of carbonyl (C=O) groups is 2. The summed E-state index contributed by atoms with van der Waals surface area (Å²) < 4.78 is 1.79. The summed E-state index contributed by atoms with van der Waals surface area (Å²) in [5.41, 5.74) is 0.451. The van der Waals surface area contributed by atoms with E-state index in [1.807, 2.05) is 24.9 Å². The van der Waals surface area contributed by atoms with Crippen LogP contribution in [0.2, 0.25) is 0 Å². The minimum Gasteiger partial charge on any atom is -0.348 e. The highest BCUT2D eigenvalue weighted by atomic mass is 16.2. The van der Waals surface area contributed by atoms with Gasteiger partial charge in [-0.1, -0.05) is 67.7 Å². The Morgan fingerprint density at radius 3 is 2.00 bits per heavy atom. The summed E-state index contributed by atoms with van der Waals surface area (Å²) in [6.07, 6.45) is 32.8. The van der Waals surface area contributed by atoms with Crippen LogP contribution in [0, 0.1) is 0 Å². The molecule has 6 heteroatoms. The molecule has 6 nitrogen and oxygen atoms in total. The first-order valence-electron chi connectivity index (χ1n) is 14.4. The molecule has 0 atom stereocenters. The Morgan fingerprint density at radius 1 is 0.921 bits per heavy atom. The normalized spacial score (nSPS) is 15.4. The number of rotatable bonds is 16. The second-order valence-corrected chi connectivity index (χ2v) is 10.0. The zero-order valence-corrected chi connectivity index (χ0v) is 23.7. The van der Waals surface area contributed by atoms with Gasteiger partial charge < -0.3 is 10.2 Å². The number of carbonyl (C=O) groups excluding carboxylic acids is 2. The van der Waals surface area contributed by atoms with Crippen molar-refractivity contribution in [3.8, 4) is 0 Å². The lowest BCUT2D eigenvalue weighted by atomic mass is 10.0. The second kappa shape index (κ2) is 19.0. The highest BCUT2D eigenvalue weighted by molar-refractivity contribution is 5.92. The lowest BCUT2D eigenvalue weighted by Crippen LogP contribution is -2.46. The molecule has 1 saturated heterocycles. The van der Waals surface area contributed by atoms with Crippen molar-refractivity contribution in [3.05, 3.63) is 78.7 Å². The molecule has 208 valence electrons. The van der Waals surface area contributed by atoms with Crippen molar-refractivity contribution in [1.29, 1.82) is 0 Å². The Morgan fingerprint density at radius 2 is 1.47 bits per heavy atom. The number of hydrogen-bond acceptors (Lipinski definition) is 3. The molecule has 0 bridgehead atoms. The maximum absolute atomic E-state index is 12.6. The number of piperidine rings is 1. The third-order valence-electron chi connectivity index (χ3n) is 6.47. The molecule has 0 aromatic carbocycles. The molecule has 1 aromatic rings. The molecule has 0 spiro atoms. The fourth-order valence-electron chi connectivity index (χ4n) is 4.18. The van der Waals surface area contributed by atoms with Gasteiger partial charge in [-0.25, -0.2) is 0 Å². The van der Waals surface area contributed by atoms with Gasteiger partial charge in [-0.2, -0.15) is 5.10 Å². The van der Waals surface area contributed by atoms with Crippen molar-refractivity contribution in [3.63, 3.8) is 0 Å². The van der Waals surface area contributed by atoms with E-state index in [-0.39, 0.29) is 23.9 Å². The summed E-state index contributed by atoms with van der Waals surface area (Å²) in [6, 6.07) is 2.08. The van der Waals surface area contributed by atoms with E-state index in [1.54, 1.807) is 10.7 Å². The first-order valence-corrected chi connectivity index (χ1v) is 14.4. The van der Waals surface area contributed by atoms with Crippen molar-refractivity contribution < 1.29 is 9.59 Å². The molecular weight excluding hydrogens is 472 g/mol. The predicted molar refractivity (Wildman–Crippen MR) is 158 cm³/mol. The molecule has 1 fully saturated rings. The molecule has 2 rings (SSSR count). The Bertz CT molecular complexity index is 960. The van der Waals surface area contributed by atoms with Gasteiger partial charge in [0.15, 0.2) is 0 Å². The summed E-state index contributed by atoms with van der Waals surface area (Å²) in [4.78, 5) is 27.0. The number of allylic oxidation sites excluding steroid dienone is 10. The van der Waals surface area contributed by atoms with Crippen molar-refractivity contribution in [2.24, 2.45) is 0 Å². The van der Waals surface area contributed by atoms with Gasteiger partial charge in [-0.3, -0.25) is 14.3 Å². The predicted octanol–water partition coefficient (Wildman–Crippen LogP) is 7.11. The molecule has 0 unspecified atom stereocenters. The number of nitrogens with zero attached hydrogens (tertiary/aromatic N) is 3. The van der Waals surface area contributed by atoms with E-state index < -0.39 is 0 Å². The van der Waals surface area contributed by atoms with Gasteiger partial charge in [0, 0.05) is 37.8 Å². The van der Waals surface area contributed by atoms with E-state index in [4.69, 9.17) is 0 Å². The number of likely N-dealkylation sites (tertiary alicyclic amines) is 1. The standard InChI is InChI=1S/C32H48N4O2/c1-4-5-6-7-8-9-10-11-12-13-14-15-16-17-18-19-20-21-31(37)35-25-22-29(23-26-35)33-32(38)30-24-27-36(34-30)28(2)3/h5-6,8-9,11-12,14-15,17-18,24,27-29H,4,7,10,13,16,19-23,25-26H2,1-3H3,(H,33,38)/b6-5-,9-8-,12-11-,15-14-,18-17-. The van der Waals surface area contributed by atoms with E-state index in [2.05, 4.69) is 78.1 Å². The topological polar surface area (TPSA) is 67.2 Å². The van der Waals surface area contributed by atoms with Gasteiger partial charge >= 0.3 is 0 Å². The van der Waals surface area contributed by atoms with E-state index >= 15 is 0 Å². The summed E-state index contributed by atoms with van der Waals surface area (Å²) in [5, 5.41) is 7.41. The molecule has 38 heavy (non-hydrogen) atoms. The molecule has 1 N–H and O–H groups in total. The van der Waals surface area contributed by atoms with Crippen LogP contribution in [-0.2, 0) is 4.79 Å². The number of aromatic nitrogens is 2. The summed E-state index contributed by atoms with van der Waals surface area (Å²) in [7, 11) is 0. The number of hydrogen-bond donors (Lipinski definition) is 1. The van der Waals surface area contributed by atoms with Gasteiger partial charge in [0.1, 0.15) is 5.69 Å². The SMILES string of the molecule is CC/C=C\C/C=C\C/C=C\C/C=C\C/C=C\CCCC(=O)N1CCC(NC(=O)c2ccn(C(C)C)n2)CC1. The van der Waals surface area contributed by atoms with Crippen molar-refractivity contribution in [2.45, 2.75) is 97.1 Å². The monoisotopic (exact) mass is 520 g/mol. The number of amides is 2. The summed E-state index contributed by atoms with van der Waals surface area (Å²) >= 11 is 0. The number of unbranched alkanes of at least 4 members (excludes halogenated alkanes) is 1. The highest BCUT2D eigenvalue weighted by Crippen LogP contribution is 2.14. The van der Waals surface area contributed by atoms with Gasteiger partial charge in [-0.15, -0.1) is 0 Å². The van der Waals surface area contributed by atoms with Crippen LogP contribution in [0.5, 0.6) is 0 Å². The van der Waals surface area contributed by atoms with Gasteiger partial charge in [-0.05, 0) is 77.7 Å². The third-order valence-corrected chi connectivity index (χ3v) is 6.47. The van der Waals surface area contributed by atoms with Crippen molar-refractivity contribution in [2.75, 3.05) is 13.1 Å². The fourth-order valence-corrected chi connectivity index (χ4v) is 4.18.